The SMILES string of the molecule is c1ccc(N(c2ccc3c(c2)oc2cccc(-c4nc5c(ccc6ccccc65)o4)c23)c2cccc3ccccc23)c(-c2ccc3ccccc3c2)c1. The molecule has 2 aromatic heterocycles. The van der Waals surface area contributed by atoms with Crippen molar-refractivity contribution in [3.63, 3.8) is 0 Å². The largest absolute Gasteiger partial charge is 0.456 e. The van der Waals surface area contributed by atoms with Gasteiger partial charge in [-0.15, -0.1) is 0 Å². The molecule has 0 aliphatic carbocycles. The quantitative estimate of drug-likeness (QED) is 0.182. The van der Waals surface area contributed by atoms with E-state index in [0.29, 0.717) is 5.89 Å². The van der Waals surface area contributed by atoms with Gasteiger partial charge in [0.1, 0.15) is 16.7 Å². The van der Waals surface area contributed by atoms with Crippen molar-refractivity contribution >= 4 is 82.4 Å². The number of rotatable bonds is 5. The number of furan rings is 1. The minimum absolute atomic E-state index is 0.579. The molecule has 53 heavy (non-hydrogen) atoms. The van der Waals surface area contributed by atoms with E-state index in [1.807, 2.05) is 30.3 Å². The summed E-state index contributed by atoms with van der Waals surface area (Å²) in [5.41, 5.74) is 9.57. The molecular weight excluding hydrogens is 649 g/mol. The molecule has 0 amide bonds. The van der Waals surface area contributed by atoms with Gasteiger partial charge in [0.05, 0.1) is 11.4 Å². The van der Waals surface area contributed by atoms with Crippen LogP contribution in [0, 0.1) is 0 Å². The molecule has 0 atom stereocenters. The minimum Gasteiger partial charge on any atom is -0.456 e. The molecule has 0 spiro atoms. The van der Waals surface area contributed by atoms with Crippen LogP contribution in [0.2, 0.25) is 0 Å². The molecule has 4 heteroatoms. The van der Waals surface area contributed by atoms with E-state index in [4.69, 9.17) is 13.8 Å². The first-order valence-electron chi connectivity index (χ1n) is 17.9. The van der Waals surface area contributed by atoms with Crippen molar-refractivity contribution in [3.05, 3.63) is 182 Å². The Morgan fingerprint density at radius 1 is 0.396 bits per heavy atom. The van der Waals surface area contributed by atoms with Crippen LogP contribution in [0.3, 0.4) is 0 Å². The third-order valence-corrected chi connectivity index (χ3v) is 10.5. The van der Waals surface area contributed by atoms with Crippen molar-refractivity contribution in [1.29, 1.82) is 0 Å². The first-order chi connectivity index (χ1) is 26.3. The Bertz CT molecular complexity index is 3200. The lowest BCUT2D eigenvalue weighted by atomic mass is 9.98. The highest BCUT2D eigenvalue weighted by atomic mass is 16.3. The zero-order valence-electron chi connectivity index (χ0n) is 28.5. The first-order valence-corrected chi connectivity index (χ1v) is 17.9. The van der Waals surface area contributed by atoms with Gasteiger partial charge in [0.15, 0.2) is 5.58 Å². The van der Waals surface area contributed by atoms with Gasteiger partial charge in [-0.3, -0.25) is 0 Å². The van der Waals surface area contributed by atoms with Crippen LogP contribution in [0.15, 0.2) is 191 Å². The summed E-state index contributed by atoms with van der Waals surface area (Å²) in [6.07, 6.45) is 0. The summed E-state index contributed by atoms with van der Waals surface area (Å²) in [6.45, 7) is 0. The predicted molar refractivity (Wildman–Crippen MR) is 219 cm³/mol. The second-order valence-corrected chi connectivity index (χ2v) is 13.5. The number of anilines is 3. The van der Waals surface area contributed by atoms with Crippen molar-refractivity contribution in [2.45, 2.75) is 0 Å². The van der Waals surface area contributed by atoms with E-state index < -0.39 is 0 Å². The minimum atomic E-state index is 0.579. The van der Waals surface area contributed by atoms with Crippen LogP contribution in [0.25, 0.3) is 87.9 Å². The van der Waals surface area contributed by atoms with E-state index >= 15 is 0 Å². The zero-order chi connectivity index (χ0) is 34.9. The molecule has 11 rings (SSSR count). The third kappa shape index (κ3) is 4.73. The first kappa shape index (κ1) is 29.5. The molecule has 0 fully saturated rings. The fourth-order valence-corrected chi connectivity index (χ4v) is 7.99. The molecule has 0 saturated carbocycles. The predicted octanol–water partition coefficient (Wildman–Crippen LogP) is 14.0. The molecule has 11 aromatic rings. The van der Waals surface area contributed by atoms with E-state index in [2.05, 4.69) is 157 Å². The summed E-state index contributed by atoms with van der Waals surface area (Å²) >= 11 is 0. The van der Waals surface area contributed by atoms with Gasteiger partial charge in [-0.1, -0.05) is 127 Å². The van der Waals surface area contributed by atoms with Gasteiger partial charge in [-0.05, 0) is 75.6 Å². The highest BCUT2D eigenvalue weighted by Gasteiger charge is 2.22. The molecule has 0 bridgehead atoms. The Labute approximate surface area is 304 Å². The lowest BCUT2D eigenvalue weighted by molar-refractivity contribution is 0.620. The van der Waals surface area contributed by atoms with Crippen molar-refractivity contribution in [3.8, 4) is 22.6 Å². The summed E-state index contributed by atoms with van der Waals surface area (Å²) in [4.78, 5) is 7.41. The molecule has 0 radical (unpaired) electrons. The van der Waals surface area contributed by atoms with Crippen LogP contribution < -0.4 is 4.90 Å². The van der Waals surface area contributed by atoms with Gasteiger partial charge in [-0.25, -0.2) is 4.98 Å². The van der Waals surface area contributed by atoms with Crippen LogP contribution in [0.5, 0.6) is 0 Å². The normalized spacial score (nSPS) is 11.8. The maximum Gasteiger partial charge on any atom is 0.228 e. The van der Waals surface area contributed by atoms with Gasteiger partial charge in [0.25, 0.3) is 0 Å². The van der Waals surface area contributed by atoms with Crippen molar-refractivity contribution in [2.24, 2.45) is 0 Å². The summed E-state index contributed by atoms with van der Waals surface area (Å²) in [5.74, 6) is 0.579. The molecular formula is C49H30N2O2. The van der Waals surface area contributed by atoms with Crippen LogP contribution >= 0.6 is 0 Å². The summed E-state index contributed by atoms with van der Waals surface area (Å²) < 4.78 is 13.1. The summed E-state index contributed by atoms with van der Waals surface area (Å²) in [7, 11) is 0. The molecule has 2 heterocycles. The third-order valence-electron chi connectivity index (χ3n) is 10.5. The Hall–Kier alpha value is -7.17. The molecule has 9 aromatic carbocycles. The van der Waals surface area contributed by atoms with E-state index in [0.717, 1.165) is 77.6 Å². The average Bonchev–Trinajstić information content (AvgIpc) is 3.83. The monoisotopic (exact) mass is 678 g/mol. The lowest BCUT2D eigenvalue weighted by Crippen LogP contribution is -2.11. The molecule has 248 valence electrons. The Morgan fingerprint density at radius 3 is 1.98 bits per heavy atom. The Balaban J connectivity index is 1.12. The maximum atomic E-state index is 6.68. The fourth-order valence-electron chi connectivity index (χ4n) is 7.99. The lowest BCUT2D eigenvalue weighted by Gasteiger charge is -2.29. The van der Waals surface area contributed by atoms with Crippen molar-refractivity contribution in [2.75, 3.05) is 4.90 Å². The number of para-hydroxylation sites is 1. The highest BCUT2D eigenvalue weighted by Crippen LogP contribution is 2.46. The Kier molecular flexibility index (Phi) is 6.52. The van der Waals surface area contributed by atoms with E-state index in [9.17, 15) is 0 Å². The highest BCUT2D eigenvalue weighted by molar-refractivity contribution is 6.14. The van der Waals surface area contributed by atoms with Gasteiger partial charge in [0, 0.05) is 44.4 Å². The number of nitrogens with zero attached hydrogens (tertiary/aromatic N) is 2. The van der Waals surface area contributed by atoms with Crippen LogP contribution in [0.1, 0.15) is 0 Å². The topological polar surface area (TPSA) is 42.4 Å². The van der Waals surface area contributed by atoms with Crippen molar-refractivity contribution in [1.82, 2.24) is 4.98 Å². The van der Waals surface area contributed by atoms with Crippen LogP contribution in [0.4, 0.5) is 17.1 Å². The molecule has 0 saturated heterocycles. The van der Waals surface area contributed by atoms with Crippen LogP contribution in [-0.4, -0.2) is 4.98 Å². The Morgan fingerprint density at radius 2 is 1.08 bits per heavy atom. The van der Waals surface area contributed by atoms with Gasteiger partial charge in [0.2, 0.25) is 5.89 Å². The number of hydrogen-bond acceptors (Lipinski definition) is 4. The summed E-state index contributed by atoms with van der Waals surface area (Å²) in [6, 6.07) is 64.0. The second-order valence-electron chi connectivity index (χ2n) is 13.5. The number of oxazole rings is 1. The molecule has 0 aliphatic heterocycles. The van der Waals surface area contributed by atoms with E-state index in [1.54, 1.807) is 0 Å². The van der Waals surface area contributed by atoms with E-state index in [-0.39, 0.29) is 0 Å². The number of aromatic nitrogens is 1. The molecule has 0 N–H and O–H groups in total. The summed E-state index contributed by atoms with van der Waals surface area (Å²) in [5, 5.41) is 8.98. The van der Waals surface area contributed by atoms with E-state index in [1.165, 1.54) is 21.5 Å². The maximum absolute atomic E-state index is 6.68. The fraction of sp³-hybridized carbons (Fsp3) is 0. The number of hydrogen-bond donors (Lipinski definition) is 0. The standard InChI is InChI=1S/C49H30N2O2/c1-2-14-34-29-35(24-23-31(34)11-1)38-17-7-8-20-42(38)51(43-21-9-15-32-12-3-5-16-37(32)43)36-26-27-40-46(30-36)52-44-22-10-19-41(47(40)44)49-50-48-39-18-6-4-13-33(39)25-28-45(48)53-49/h1-30H. The molecule has 0 unspecified atom stereocenters. The van der Waals surface area contributed by atoms with Crippen LogP contribution in [-0.2, 0) is 0 Å². The second kappa shape index (κ2) is 11.7. The zero-order valence-corrected chi connectivity index (χ0v) is 28.5. The molecule has 4 nitrogen and oxygen atoms in total. The smallest absolute Gasteiger partial charge is 0.228 e. The van der Waals surface area contributed by atoms with Crippen molar-refractivity contribution < 1.29 is 8.83 Å². The van der Waals surface area contributed by atoms with Gasteiger partial charge >= 0.3 is 0 Å². The number of fused-ring (bicyclic) bond motifs is 8. The van der Waals surface area contributed by atoms with Gasteiger partial charge < -0.3 is 13.7 Å². The van der Waals surface area contributed by atoms with Gasteiger partial charge in [-0.2, -0.15) is 0 Å². The number of benzene rings is 9. The molecule has 0 aliphatic rings. The average molecular weight is 679 g/mol.